The molecule has 0 spiro atoms. The zero-order valence-electron chi connectivity index (χ0n) is 13.2. The van der Waals surface area contributed by atoms with Crippen molar-refractivity contribution in [3.05, 3.63) is 17.5 Å². The number of likely N-dealkylation sites (tertiary alicyclic amines) is 1. The minimum absolute atomic E-state index is 0.0190. The average Bonchev–Trinajstić information content (AvgIpc) is 3.01. The van der Waals surface area contributed by atoms with Crippen molar-refractivity contribution in [3.8, 4) is 0 Å². The molecule has 0 bridgehead atoms. The van der Waals surface area contributed by atoms with E-state index in [-0.39, 0.29) is 30.0 Å². The molecular weight excluding hydrogens is 284 g/mol. The molecule has 0 aliphatic carbocycles. The lowest BCUT2D eigenvalue weighted by molar-refractivity contribution is -0.137. The Hall–Kier alpha value is -1.85. The number of hydrogen-bond acceptors (Lipinski definition) is 4. The van der Waals surface area contributed by atoms with Crippen LogP contribution in [0.25, 0.3) is 0 Å². The molecule has 1 aromatic heterocycles. The maximum absolute atomic E-state index is 12.6. The number of hydrogen-bond donors (Lipinski definition) is 1. The van der Waals surface area contributed by atoms with Crippen molar-refractivity contribution in [2.24, 2.45) is 0 Å². The Morgan fingerprint density at radius 1 is 1.50 bits per heavy atom. The highest BCUT2D eigenvalue weighted by molar-refractivity contribution is 5.91. The van der Waals surface area contributed by atoms with Crippen LogP contribution >= 0.6 is 0 Å². The van der Waals surface area contributed by atoms with E-state index in [0.29, 0.717) is 13.0 Å². The van der Waals surface area contributed by atoms with Gasteiger partial charge < -0.3 is 14.5 Å². The number of nitrogens with zero attached hydrogens (tertiary/aromatic N) is 2. The predicted molar refractivity (Wildman–Crippen MR) is 80.8 cm³/mol. The number of piperidine rings is 1. The summed E-state index contributed by atoms with van der Waals surface area (Å²) in [5.74, 6) is -0.471. The van der Waals surface area contributed by atoms with E-state index in [1.165, 1.54) is 0 Å². The van der Waals surface area contributed by atoms with E-state index in [0.717, 1.165) is 31.4 Å². The van der Waals surface area contributed by atoms with Crippen LogP contribution in [0.5, 0.6) is 0 Å². The average molecular weight is 308 g/mol. The molecule has 1 N–H and O–H groups in total. The highest BCUT2D eigenvalue weighted by Crippen LogP contribution is 2.25. The number of rotatable bonds is 6. The molecule has 2 atom stereocenters. The molecule has 0 radical (unpaired) electrons. The number of carboxylic acid groups (broad SMARTS) is 1. The monoisotopic (exact) mass is 308 g/mol. The third kappa shape index (κ3) is 3.87. The van der Waals surface area contributed by atoms with Gasteiger partial charge in [-0.25, -0.2) is 0 Å². The van der Waals surface area contributed by atoms with Crippen LogP contribution in [0.3, 0.4) is 0 Å². The Balaban J connectivity index is 2.08. The van der Waals surface area contributed by atoms with E-state index >= 15 is 0 Å². The summed E-state index contributed by atoms with van der Waals surface area (Å²) >= 11 is 0. The van der Waals surface area contributed by atoms with Crippen molar-refractivity contribution in [2.45, 2.75) is 64.3 Å². The van der Waals surface area contributed by atoms with Gasteiger partial charge in [-0.2, -0.15) is 0 Å². The van der Waals surface area contributed by atoms with Gasteiger partial charge in [0.05, 0.1) is 5.69 Å². The van der Waals surface area contributed by atoms with E-state index in [1.807, 2.05) is 6.92 Å². The second kappa shape index (κ2) is 7.42. The molecule has 6 nitrogen and oxygen atoms in total. The van der Waals surface area contributed by atoms with Crippen LogP contribution in [-0.2, 0) is 4.79 Å². The fraction of sp³-hybridized carbons (Fsp3) is 0.688. The molecule has 6 heteroatoms. The summed E-state index contributed by atoms with van der Waals surface area (Å²) in [5.41, 5.74) is 0.796. The lowest BCUT2D eigenvalue weighted by Gasteiger charge is -2.34. The second-order valence-corrected chi connectivity index (χ2v) is 6.01. The highest BCUT2D eigenvalue weighted by Gasteiger charge is 2.30. The van der Waals surface area contributed by atoms with E-state index < -0.39 is 5.97 Å². The van der Waals surface area contributed by atoms with E-state index in [9.17, 15) is 9.59 Å². The second-order valence-electron chi connectivity index (χ2n) is 6.01. The maximum Gasteiger partial charge on any atom is 0.303 e. The molecule has 1 aromatic rings. The van der Waals surface area contributed by atoms with Crippen molar-refractivity contribution in [1.29, 1.82) is 0 Å². The molecule has 1 amide bonds. The Labute approximate surface area is 130 Å². The molecule has 1 aliphatic rings. The molecule has 1 aliphatic heterocycles. The smallest absolute Gasteiger partial charge is 0.303 e. The first-order chi connectivity index (χ1) is 10.5. The summed E-state index contributed by atoms with van der Waals surface area (Å²) in [6, 6.07) is 1.70. The van der Waals surface area contributed by atoms with Gasteiger partial charge in [-0.15, -0.1) is 0 Å². The van der Waals surface area contributed by atoms with Crippen molar-refractivity contribution in [2.75, 3.05) is 6.54 Å². The van der Waals surface area contributed by atoms with E-state index in [2.05, 4.69) is 12.1 Å². The van der Waals surface area contributed by atoms with E-state index in [1.54, 1.807) is 11.0 Å². The molecule has 0 aromatic carbocycles. The third-order valence-electron chi connectivity index (χ3n) is 4.44. The van der Waals surface area contributed by atoms with Crippen molar-refractivity contribution < 1.29 is 19.2 Å². The summed E-state index contributed by atoms with van der Waals surface area (Å²) in [4.78, 5) is 25.1. The largest absolute Gasteiger partial charge is 0.481 e. The Kier molecular flexibility index (Phi) is 5.57. The van der Waals surface area contributed by atoms with Gasteiger partial charge in [0.1, 0.15) is 0 Å². The Morgan fingerprint density at radius 2 is 2.27 bits per heavy atom. The van der Waals surface area contributed by atoms with Gasteiger partial charge in [0.2, 0.25) is 5.76 Å². The summed E-state index contributed by atoms with van der Waals surface area (Å²) in [6.45, 7) is 4.76. The molecule has 0 saturated carbocycles. The standard InChI is InChI=1S/C16H24N2O4/c1-3-11(2)13-10-14(22-17-13)16(21)18-9-5-4-6-12(18)7-8-15(19)20/h10-12H,3-9H2,1-2H3,(H,19,20)/t11-,12-/m0/s1. The summed E-state index contributed by atoms with van der Waals surface area (Å²) in [6.07, 6.45) is 4.34. The maximum atomic E-state index is 12.6. The quantitative estimate of drug-likeness (QED) is 0.873. The lowest BCUT2D eigenvalue weighted by Crippen LogP contribution is -2.43. The molecule has 1 fully saturated rings. The van der Waals surface area contributed by atoms with Gasteiger partial charge in [-0.05, 0) is 32.1 Å². The zero-order chi connectivity index (χ0) is 16.1. The minimum Gasteiger partial charge on any atom is -0.481 e. The SMILES string of the molecule is CC[C@H](C)c1cc(C(=O)N2CCCC[C@H]2CCC(=O)O)on1. The van der Waals surface area contributed by atoms with Crippen LogP contribution in [0.2, 0.25) is 0 Å². The van der Waals surface area contributed by atoms with Gasteiger partial charge >= 0.3 is 5.97 Å². The summed E-state index contributed by atoms with van der Waals surface area (Å²) in [5, 5.41) is 12.8. The molecule has 2 rings (SSSR count). The van der Waals surface area contributed by atoms with Crippen LogP contribution in [0.15, 0.2) is 10.6 Å². The van der Waals surface area contributed by atoms with Gasteiger partial charge in [0, 0.05) is 31.0 Å². The number of carbonyl (C=O) groups is 2. The first-order valence-corrected chi connectivity index (χ1v) is 8.02. The Morgan fingerprint density at radius 3 is 2.95 bits per heavy atom. The van der Waals surface area contributed by atoms with Gasteiger partial charge in [0.15, 0.2) is 0 Å². The minimum atomic E-state index is -0.823. The number of carbonyl (C=O) groups excluding carboxylic acids is 1. The topological polar surface area (TPSA) is 83.6 Å². The van der Waals surface area contributed by atoms with E-state index in [4.69, 9.17) is 9.63 Å². The first kappa shape index (κ1) is 16.5. The van der Waals surface area contributed by atoms with Gasteiger partial charge in [-0.1, -0.05) is 19.0 Å². The molecular formula is C16H24N2O4. The van der Waals surface area contributed by atoms with Crippen LogP contribution < -0.4 is 0 Å². The molecule has 22 heavy (non-hydrogen) atoms. The summed E-state index contributed by atoms with van der Waals surface area (Å²) < 4.78 is 5.22. The van der Waals surface area contributed by atoms with Gasteiger partial charge in [-0.3, -0.25) is 9.59 Å². The number of amides is 1. The van der Waals surface area contributed by atoms with Crippen LogP contribution in [0.1, 0.15) is 74.5 Å². The van der Waals surface area contributed by atoms with Crippen molar-refractivity contribution >= 4 is 11.9 Å². The lowest BCUT2D eigenvalue weighted by atomic mass is 9.97. The van der Waals surface area contributed by atoms with Crippen molar-refractivity contribution in [3.63, 3.8) is 0 Å². The molecule has 0 unspecified atom stereocenters. The summed E-state index contributed by atoms with van der Waals surface area (Å²) in [7, 11) is 0. The highest BCUT2D eigenvalue weighted by atomic mass is 16.5. The fourth-order valence-electron chi connectivity index (χ4n) is 2.83. The first-order valence-electron chi connectivity index (χ1n) is 8.02. The number of aliphatic carboxylic acids is 1. The van der Waals surface area contributed by atoms with Crippen LogP contribution in [0.4, 0.5) is 0 Å². The van der Waals surface area contributed by atoms with Crippen LogP contribution in [0, 0.1) is 0 Å². The van der Waals surface area contributed by atoms with Crippen molar-refractivity contribution in [1.82, 2.24) is 10.1 Å². The normalized spacial score (nSPS) is 19.9. The predicted octanol–water partition coefficient (Wildman–Crippen LogP) is 3.05. The number of aromatic nitrogens is 1. The van der Waals surface area contributed by atoms with Gasteiger partial charge in [0.25, 0.3) is 5.91 Å². The zero-order valence-corrected chi connectivity index (χ0v) is 13.2. The third-order valence-corrected chi connectivity index (χ3v) is 4.44. The molecule has 1 saturated heterocycles. The fourth-order valence-corrected chi connectivity index (χ4v) is 2.83. The molecule has 122 valence electrons. The number of carboxylic acids is 1. The Bertz CT molecular complexity index is 526. The molecule has 2 heterocycles. The van der Waals surface area contributed by atoms with Crippen LogP contribution in [-0.4, -0.2) is 39.6 Å².